The van der Waals surface area contributed by atoms with Gasteiger partial charge in [0.05, 0.1) is 6.54 Å². The van der Waals surface area contributed by atoms with E-state index in [1.165, 1.54) is 17.1 Å². The van der Waals surface area contributed by atoms with Crippen LogP contribution in [0.25, 0.3) is 0 Å². The molecule has 3 aromatic carbocycles. The molecule has 0 bridgehead atoms. The Kier molecular flexibility index (Phi) is 8.87. The molecule has 1 amide bonds. The van der Waals surface area contributed by atoms with E-state index in [1.54, 1.807) is 0 Å². The normalized spacial score (nSPS) is 11.7. The molecule has 0 fully saturated rings. The predicted molar refractivity (Wildman–Crippen MR) is 144 cm³/mol. The van der Waals surface area contributed by atoms with Crippen LogP contribution in [0.5, 0.6) is 0 Å². The molecule has 0 saturated heterocycles. The number of hydrogen-bond donors (Lipinski definition) is 1. The van der Waals surface area contributed by atoms with Gasteiger partial charge in [-0.2, -0.15) is 4.37 Å². The topological polar surface area (TPSA) is 58.1 Å². The number of nitrogens with one attached hydrogen (secondary N) is 1. The fraction of sp³-hybridized carbons (Fsp3) is 0.250. The molecular weight excluding hydrogens is 476 g/mol. The van der Waals surface area contributed by atoms with E-state index in [-0.39, 0.29) is 18.5 Å². The Bertz CT molecular complexity index is 1200. The Labute approximate surface area is 216 Å². The molecule has 1 atom stereocenters. The minimum atomic E-state index is -0.0176. The molecule has 0 aliphatic carbocycles. The highest BCUT2D eigenvalue weighted by Gasteiger charge is 2.18. The summed E-state index contributed by atoms with van der Waals surface area (Å²) in [5.74, 6) is 0.720. The van der Waals surface area contributed by atoms with Gasteiger partial charge in [0.15, 0.2) is 0 Å². The van der Waals surface area contributed by atoms with Crippen molar-refractivity contribution < 1.29 is 4.79 Å². The predicted octanol–water partition coefficient (Wildman–Crippen LogP) is 5.93. The third-order valence-corrected chi connectivity index (χ3v) is 6.74. The summed E-state index contributed by atoms with van der Waals surface area (Å²) in [5, 5.41) is 4.60. The Morgan fingerprint density at radius 3 is 2.29 bits per heavy atom. The summed E-state index contributed by atoms with van der Waals surface area (Å²) in [5.41, 5.74) is 3.49. The first kappa shape index (κ1) is 24.9. The third kappa shape index (κ3) is 7.91. The molecule has 1 heterocycles. The van der Waals surface area contributed by atoms with Gasteiger partial charge < -0.3 is 10.2 Å². The molecule has 4 aromatic rings. The minimum Gasteiger partial charge on any atom is -0.352 e. The molecule has 1 N–H and O–H groups in total. The molecule has 35 heavy (non-hydrogen) atoms. The molecular formula is C28H29ClN4OS. The van der Waals surface area contributed by atoms with Crippen molar-refractivity contribution in [3.05, 3.63) is 112 Å². The van der Waals surface area contributed by atoms with Crippen molar-refractivity contribution in [2.75, 3.05) is 11.4 Å². The van der Waals surface area contributed by atoms with Crippen molar-refractivity contribution in [3.63, 3.8) is 0 Å². The number of rotatable bonds is 11. The maximum absolute atomic E-state index is 13.0. The Hall–Kier alpha value is -3.22. The van der Waals surface area contributed by atoms with Gasteiger partial charge in [-0.15, -0.1) is 0 Å². The maximum Gasteiger partial charge on any atom is 0.239 e. The molecule has 5 nitrogen and oxygen atoms in total. The fourth-order valence-corrected chi connectivity index (χ4v) is 4.63. The minimum absolute atomic E-state index is 0.0176. The quantitative estimate of drug-likeness (QED) is 0.275. The first-order chi connectivity index (χ1) is 17.0. The van der Waals surface area contributed by atoms with Crippen LogP contribution in [0.4, 0.5) is 5.13 Å². The number of carbonyl (C=O) groups excluding carboxylic acids is 1. The monoisotopic (exact) mass is 504 g/mol. The van der Waals surface area contributed by atoms with Gasteiger partial charge >= 0.3 is 0 Å². The Morgan fingerprint density at radius 1 is 0.943 bits per heavy atom. The summed E-state index contributed by atoms with van der Waals surface area (Å²) in [6.07, 6.45) is 2.44. The van der Waals surface area contributed by atoms with E-state index in [0.717, 1.165) is 34.9 Å². The van der Waals surface area contributed by atoms with Crippen LogP contribution in [0.1, 0.15) is 35.9 Å². The first-order valence-electron chi connectivity index (χ1n) is 11.7. The van der Waals surface area contributed by atoms with Crippen LogP contribution in [0, 0.1) is 0 Å². The maximum atomic E-state index is 13.0. The van der Waals surface area contributed by atoms with Crippen molar-refractivity contribution in [2.24, 2.45) is 0 Å². The zero-order chi connectivity index (χ0) is 24.5. The summed E-state index contributed by atoms with van der Waals surface area (Å²) in [6, 6.07) is 28.2. The smallest absolute Gasteiger partial charge is 0.239 e. The molecule has 7 heteroatoms. The average molecular weight is 505 g/mol. The third-order valence-electron chi connectivity index (χ3n) is 5.67. The standard InChI is InChI=1S/C28H29ClN4OS/c1-21(12-13-22-8-4-2-5-9-22)30-27(34)20-33(19-24-10-6-3-7-11-24)28-31-26(32-35-28)18-23-14-16-25(29)17-15-23/h2-11,14-17,21H,12-13,18-20H2,1H3,(H,30,34). The molecule has 0 aliphatic rings. The first-order valence-corrected chi connectivity index (χ1v) is 12.9. The number of nitrogens with zero attached hydrogens (tertiary/aromatic N) is 3. The lowest BCUT2D eigenvalue weighted by atomic mass is 10.1. The second kappa shape index (κ2) is 12.5. The highest BCUT2D eigenvalue weighted by Crippen LogP contribution is 2.22. The number of carbonyl (C=O) groups is 1. The lowest BCUT2D eigenvalue weighted by Crippen LogP contribution is -2.41. The second-order valence-corrected chi connectivity index (χ2v) is 9.80. The largest absolute Gasteiger partial charge is 0.352 e. The van der Waals surface area contributed by atoms with Gasteiger partial charge in [0.25, 0.3) is 0 Å². The van der Waals surface area contributed by atoms with Crippen LogP contribution >= 0.6 is 23.1 Å². The van der Waals surface area contributed by atoms with Crippen LogP contribution < -0.4 is 10.2 Å². The van der Waals surface area contributed by atoms with Gasteiger partial charge in [0.1, 0.15) is 5.82 Å². The van der Waals surface area contributed by atoms with E-state index in [4.69, 9.17) is 16.6 Å². The van der Waals surface area contributed by atoms with E-state index >= 15 is 0 Å². The van der Waals surface area contributed by atoms with Gasteiger partial charge in [-0.1, -0.05) is 84.4 Å². The molecule has 180 valence electrons. The van der Waals surface area contributed by atoms with E-state index in [1.807, 2.05) is 65.6 Å². The lowest BCUT2D eigenvalue weighted by Gasteiger charge is -2.22. The average Bonchev–Trinajstić information content (AvgIpc) is 3.33. The number of anilines is 1. The van der Waals surface area contributed by atoms with Gasteiger partial charge in [-0.05, 0) is 48.6 Å². The molecule has 4 rings (SSSR count). The Morgan fingerprint density at radius 2 is 1.60 bits per heavy atom. The van der Waals surface area contributed by atoms with Crippen molar-refractivity contribution in [2.45, 2.75) is 38.8 Å². The number of hydrogen-bond acceptors (Lipinski definition) is 5. The number of halogens is 1. The van der Waals surface area contributed by atoms with Crippen molar-refractivity contribution in [1.29, 1.82) is 0 Å². The highest BCUT2D eigenvalue weighted by molar-refractivity contribution is 7.09. The Balaban J connectivity index is 1.40. The molecule has 0 radical (unpaired) electrons. The van der Waals surface area contributed by atoms with E-state index in [0.29, 0.717) is 18.0 Å². The summed E-state index contributed by atoms with van der Waals surface area (Å²) in [6.45, 7) is 2.86. The number of aryl methyl sites for hydroxylation is 1. The highest BCUT2D eigenvalue weighted by atomic mass is 35.5. The van der Waals surface area contributed by atoms with Crippen LogP contribution in [0.2, 0.25) is 5.02 Å². The van der Waals surface area contributed by atoms with Crippen LogP contribution in [-0.4, -0.2) is 27.9 Å². The number of amides is 1. The van der Waals surface area contributed by atoms with Crippen LogP contribution in [0.15, 0.2) is 84.9 Å². The van der Waals surface area contributed by atoms with Crippen LogP contribution in [0.3, 0.4) is 0 Å². The van der Waals surface area contributed by atoms with Gasteiger partial charge in [-0.3, -0.25) is 4.79 Å². The summed E-state index contributed by atoms with van der Waals surface area (Å²) in [4.78, 5) is 19.7. The van der Waals surface area contributed by atoms with Crippen molar-refractivity contribution >= 4 is 34.2 Å². The lowest BCUT2D eigenvalue weighted by molar-refractivity contribution is -0.120. The van der Waals surface area contributed by atoms with E-state index in [9.17, 15) is 4.79 Å². The number of benzene rings is 3. The summed E-state index contributed by atoms with van der Waals surface area (Å²) >= 11 is 7.33. The van der Waals surface area contributed by atoms with Crippen LogP contribution in [-0.2, 0) is 24.2 Å². The SMILES string of the molecule is CC(CCc1ccccc1)NC(=O)CN(Cc1ccccc1)c1nc(Cc2ccc(Cl)cc2)ns1. The zero-order valence-corrected chi connectivity index (χ0v) is 21.3. The number of aromatic nitrogens is 2. The van der Waals surface area contributed by atoms with Crippen molar-refractivity contribution in [1.82, 2.24) is 14.7 Å². The molecule has 1 aromatic heterocycles. The van der Waals surface area contributed by atoms with Crippen molar-refractivity contribution in [3.8, 4) is 0 Å². The second-order valence-electron chi connectivity index (χ2n) is 8.63. The fourth-order valence-electron chi connectivity index (χ4n) is 3.82. The summed E-state index contributed by atoms with van der Waals surface area (Å²) in [7, 11) is 0. The van der Waals surface area contributed by atoms with Gasteiger partial charge in [0.2, 0.25) is 11.0 Å². The summed E-state index contributed by atoms with van der Waals surface area (Å²) < 4.78 is 4.55. The molecule has 0 aliphatic heterocycles. The molecule has 1 unspecified atom stereocenters. The van der Waals surface area contributed by atoms with E-state index in [2.05, 4.69) is 40.9 Å². The van der Waals surface area contributed by atoms with Gasteiger partial charge in [0, 0.05) is 35.6 Å². The zero-order valence-electron chi connectivity index (χ0n) is 19.7. The van der Waals surface area contributed by atoms with Gasteiger partial charge in [-0.25, -0.2) is 4.98 Å². The van der Waals surface area contributed by atoms with E-state index < -0.39 is 0 Å². The molecule has 0 saturated carbocycles. The molecule has 0 spiro atoms.